The minimum absolute atomic E-state index is 0.318. The van der Waals surface area contributed by atoms with Crippen molar-refractivity contribution >= 4 is 38.8 Å². The van der Waals surface area contributed by atoms with Gasteiger partial charge in [-0.1, -0.05) is 28.1 Å². The van der Waals surface area contributed by atoms with E-state index in [0.717, 1.165) is 35.3 Å². The predicted molar refractivity (Wildman–Crippen MR) is 82.0 cm³/mol. The highest BCUT2D eigenvalue weighted by atomic mass is 79.9. The van der Waals surface area contributed by atoms with Crippen LogP contribution in [0.5, 0.6) is 0 Å². The molecule has 3 N–H and O–H groups in total. The Labute approximate surface area is 121 Å². The van der Waals surface area contributed by atoms with Gasteiger partial charge in [-0.05, 0) is 31.5 Å². The average molecular weight is 329 g/mol. The van der Waals surface area contributed by atoms with Gasteiger partial charge in [0.1, 0.15) is 4.99 Å². The fourth-order valence-electron chi connectivity index (χ4n) is 2.16. The van der Waals surface area contributed by atoms with Crippen LogP contribution in [0.3, 0.4) is 0 Å². The molecule has 0 bridgehead atoms. The number of ether oxygens (including phenoxy) is 1. The highest BCUT2D eigenvalue weighted by molar-refractivity contribution is 9.10. The summed E-state index contributed by atoms with van der Waals surface area (Å²) in [5, 5.41) is 3.43. The molecule has 0 aliphatic carbocycles. The van der Waals surface area contributed by atoms with Crippen LogP contribution in [-0.4, -0.2) is 24.2 Å². The lowest BCUT2D eigenvalue weighted by Crippen LogP contribution is -2.22. The van der Waals surface area contributed by atoms with Crippen LogP contribution in [0.1, 0.15) is 18.9 Å². The van der Waals surface area contributed by atoms with Crippen molar-refractivity contribution in [3.8, 4) is 0 Å². The molecule has 1 aromatic rings. The maximum atomic E-state index is 5.73. The van der Waals surface area contributed by atoms with E-state index in [2.05, 4.69) is 28.2 Å². The molecule has 1 aliphatic rings. The van der Waals surface area contributed by atoms with Gasteiger partial charge in [0.25, 0.3) is 0 Å². The van der Waals surface area contributed by atoms with Crippen LogP contribution in [0.2, 0.25) is 0 Å². The maximum Gasteiger partial charge on any atom is 0.106 e. The average Bonchev–Trinajstić information content (AvgIpc) is 2.72. The first kappa shape index (κ1) is 13.8. The zero-order valence-corrected chi connectivity index (χ0v) is 12.7. The summed E-state index contributed by atoms with van der Waals surface area (Å²) in [4.78, 5) is 0.417. The molecule has 1 saturated heterocycles. The van der Waals surface area contributed by atoms with Crippen LogP contribution in [0.4, 0.5) is 5.69 Å². The molecule has 3 nitrogen and oxygen atoms in total. The van der Waals surface area contributed by atoms with Crippen molar-refractivity contribution in [1.29, 1.82) is 0 Å². The van der Waals surface area contributed by atoms with E-state index in [9.17, 15) is 0 Å². The lowest BCUT2D eigenvalue weighted by atomic mass is 10.0. The van der Waals surface area contributed by atoms with E-state index >= 15 is 0 Å². The zero-order chi connectivity index (χ0) is 13.1. The molecule has 1 aliphatic heterocycles. The SMILES string of the molecule is CC1OCCC1CNc1cc(Br)ccc1C(N)=S. The molecule has 2 rings (SSSR count). The number of benzene rings is 1. The number of nitrogens with two attached hydrogens (primary N) is 1. The number of nitrogens with one attached hydrogen (secondary N) is 1. The van der Waals surface area contributed by atoms with Crippen LogP contribution in [0.15, 0.2) is 22.7 Å². The highest BCUT2D eigenvalue weighted by Gasteiger charge is 2.24. The first-order valence-corrected chi connectivity index (χ1v) is 7.23. The molecule has 0 amide bonds. The molecule has 1 fully saturated rings. The van der Waals surface area contributed by atoms with Gasteiger partial charge in [-0.25, -0.2) is 0 Å². The summed E-state index contributed by atoms with van der Waals surface area (Å²) in [5.41, 5.74) is 7.60. The number of anilines is 1. The first-order valence-electron chi connectivity index (χ1n) is 6.02. The molecule has 1 heterocycles. The summed E-state index contributed by atoms with van der Waals surface area (Å²) in [7, 11) is 0. The monoisotopic (exact) mass is 328 g/mol. The largest absolute Gasteiger partial charge is 0.389 e. The van der Waals surface area contributed by atoms with E-state index in [-0.39, 0.29) is 0 Å². The third kappa shape index (κ3) is 3.22. The summed E-state index contributed by atoms with van der Waals surface area (Å²) >= 11 is 8.52. The van der Waals surface area contributed by atoms with Crippen molar-refractivity contribution in [3.05, 3.63) is 28.2 Å². The lowest BCUT2D eigenvalue weighted by molar-refractivity contribution is 0.108. The van der Waals surface area contributed by atoms with Crippen molar-refractivity contribution < 1.29 is 4.74 Å². The van der Waals surface area contributed by atoms with Gasteiger partial charge in [-0.15, -0.1) is 0 Å². The quantitative estimate of drug-likeness (QED) is 0.834. The molecule has 98 valence electrons. The lowest BCUT2D eigenvalue weighted by Gasteiger charge is -2.17. The second-order valence-electron chi connectivity index (χ2n) is 4.56. The van der Waals surface area contributed by atoms with Gasteiger partial charge in [0.05, 0.1) is 6.10 Å². The Kier molecular flexibility index (Phi) is 4.59. The van der Waals surface area contributed by atoms with Gasteiger partial charge in [-0.3, -0.25) is 0 Å². The van der Waals surface area contributed by atoms with E-state index < -0.39 is 0 Å². The molecular formula is C13H17BrN2OS. The number of hydrogen-bond acceptors (Lipinski definition) is 3. The Morgan fingerprint density at radius 3 is 3.00 bits per heavy atom. The molecule has 0 radical (unpaired) electrons. The number of rotatable bonds is 4. The van der Waals surface area contributed by atoms with Crippen LogP contribution < -0.4 is 11.1 Å². The van der Waals surface area contributed by atoms with Gasteiger partial charge < -0.3 is 15.8 Å². The Hall–Kier alpha value is -0.650. The molecule has 5 heteroatoms. The van der Waals surface area contributed by atoms with Gasteiger partial charge in [0.2, 0.25) is 0 Å². The number of thiocarbonyl (C=S) groups is 1. The minimum atomic E-state index is 0.318. The van der Waals surface area contributed by atoms with Gasteiger partial charge in [0, 0.05) is 34.8 Å². The summed E-state index contributed by atoms with van der Waals surface area (Å²) in [6.45, 7) is 3.86. The second-order valence-corrected chi connectivity index (χ2v) is 5.92. The van der Waals surface area contributed by atoms with E-state index in [1.165, 1.54) is 0 Å². The van der Waals surface area contributed by atoms with E-state index in [4.69, 9.17) is 22.7 Å². The molecular weight excluding hydrogens is 312 g/mol. The third-order valence-corrected chi connectivity index (χ3v) is 4.05. The molecule has 2 unspecified atom stereocenters. The van der Waals surface area contributed by atoms with Crippen LogP contribution in [-0.2, 0) is 4.74 Å². The fraction of sp³-hybridized carbons (Fsp3) is 0.462. The van der Waals surface area contributed by atoms with Crippen LogP contribution in [0, 0.1) is 5.92 Å². The van der Waals surface area contributed by atoms with Crippen molar-refractivity contribution in [1.82, 2.24) is 0 Å². The Morgan fingerprint density at radius 1 is 1.61 bits per heavy atom. The Balaban J connectivity index is 2.08. The van der Waals surface area contributed by atoms with Gasteiger partial charge in [-0.2, -0.15) is 0 Å². The van der Waals surface area contributed by atoms with Crippen LogP contribution in [0.25, 0.3) is 0 Å². The summed E-state index contributed by atoms with van der Waals surface area (Å²) < 4.78 is 6.57. The highest BCUT2D eigenvalue weighted by Crippen LogP contribution is 2.24. The maximum absolute atomic E-state index is 5.73. The van der Waals surface area contributed by atoms with Gasteiger partial charge >= 0.3 is 0 Å². The van der Waals surface area contributed by atoms with Crippen LogP contribution >= 0.6 is 28.1 Å². The normalized spacial score (nSPS) is 23.0. The zero-order valence-electron chi connectivity index (χ0n) is 10.3. The Morgan fingerprint density at radius 2 is 2.39 bits per heavy atom. The number of halogens is 1. The summed E-state index contributed by atoms with van der Waals surface area (Å²) in [6.07, 6.45) is 1.42. The minimum Gasteiger partial charge on any atom is -0.389 e. The molecule has 2 atom stereocenters. The van der Waals surface area contributed by atoms with Crippen molar-refractivity contribution in [2.45, 2.75) is 19.4 Å². The topological polar surface area (TPSA) is 47.3 Å². The fourth-order valence-corrected chi connectivity index (χ4v) is 2.70. The number of hydrogen-bond donors (Lipinski definition) is 2. The van der Waals surface area contributed by atoms with E-state index in [1.807, 2.05) is 18.2 Å². The first-order chi connectivity index (χ1) is 8.58. The second kappa shape index (κ2) is 5.99. The molecule has 1 aromatic carbocycles. The van der Waals surface area contributed by atoms with E-state index in [0.29, 0.717) is 17.0 Å². The van der Waals surface area contributed by atoms with E-state index in [1.54, 1.807) is 0 Å². The predicted octanol–water partition coefficient (Wildman–Crippen LogP) is 2.92. The van der Waals surface area contributed by atoms with Crippen molar-refractivity contribution in [2.24, 2.45) is 11.7 Å². The molecule has 18 heavy (non-hydrogen) atoms. The van der Waals surface area contributed by atoms with Gasteiger partial charge in [0.15, 0.2) is 0 Å². The third-order valence-electron chi connectivity index (χ3n) is 3.34. The smallest absolute Gasteiger partial charge is 0.106 e. The summed E-state index contributed by atoms with van der Waals surface area (Å²) in [5.74, 6) is 0.545. The Bertz CT molecular complexity index is 453. The molecule has 0 aromatic heterocycles. The summed E-state index contributed by atoms with van der Waals surface area (Å²) in [6, 6.07) is 5.89. The molecule has 0 saturated carbocycles. The van der Waals surface area contributed by atoms with Crippen molar-refractivity contribution in [3.63, 3.8) is 0 Å². The molecule has 0 spiro atoms. The van der Waals surface area contributed by atoms with Crippen molar-refractivity contribution in [2.75, 3.05) is 18.5 Å². The standard InChI is InChI=1S/C13H17BrN2OS/c1-8-9(4-5-17-8)7-16-12-6-10(14)2-3-11(12)13(15)18/h2-3,6,8-9,16H,4-5,7H2,1H3,(H2,15,18).